The highest BCUT2D eigenvalue weighted by molar-refractivity contribution is 5.76. The summed E-state index contributed by atoms with van der Waals surface area (Å²) in [4.78, 5) is 12.2. The second kappa shape index (κ2) is 7.28. The molecule has 0 aromatic carbocycles. The van der Waals surface area contributed by atoms with E-state index in [4.69, 9.17) is 0 Å². The minimum atomic E-state index is 0.263. The summed E-state index contributed by atoms with van der Waals surface area (Å²) in [6.45, 7) is 5.53. The molecule has 1 aliphatic carbocycles. The number of amides is 1. The minimum Gasteiger partial charge on any atom is -0.352 e. The second-order valence-corrected chi connectivity index (χ2v) is 6.64. The summed E-state index contributed by atoms with van der Waals surface area (Å²) in [5, 5.41) is 6.68. The molecule has 1 amide bonds. The zero-order valence-electron chi connectivity index (χ0n) is 12.6. The van der Waals surface area contributed by atoms with Crippen LogP contribution in [0.1, 0.15) is 65.2 Å². The van der Waals surface area contributed by atoms with E-state index < -0.39 is 0 Å². The Morgan fingerprint density at radius 3 is 2.63 bits per heavy atom. The van der Waals surface area contributed by atoms with Crippen LogP contribution in [0.4, 0.5) is 0 Å². The Balaban J connectivity index is 1.73. The molecule has 2 aliphatic rings. The number of carbonyl (C=O) groups is 1. The van der Waals surface area contributed by atoms with Gasteiger partial charge in [-0.2, -0.15) is 0 Å². The number of carbonyl (C=O) groups excluding carboxylic acids is 1. The van der Waals surface area contributed by atoms with Crippen LogP contribution in [0.3, 0.4) is 0 Å². The Kier molecular flexibility index (Phi) is 5.68. The molecule has 3 heteroatoms. The monoisotopic (exact) mass is 266 g/mol. The van der Waals surface area contributed by atoms with E-state index in [9.17, 15) is 4.79 Å². The third-order valence-electron chi connectivity index (χ3n) is 5.07. The standard InChI is InChI=1S/C16H30N2O/c1-12(14-7-4-3-5-8-14)11-16(19)18-15-9-6-10-17-13(15)2/h12-15,17H,3-11H2,1-2H3,(H,18,19). The maximum Gasteiger partial charge on any atom is 0.220 e. The molecule has 1 saturated carbocycles. The molecule has 0 aromatic rings. The van der Waals surface area contributed by atoms with E-state index in [1.54, 1.807) is 0 Å². The second-order valence-electron chi connectivity index (χ2n) is 6.64. The van der Waals surface area contributed by atoms with Crippen molar-refractivity contribution in [2.45, 2.75) is 77.3 Å². The summed E-state index contributed by atoms with van der Waals surface area (Å²) in [6, 6.07) is 0.752. The molecule has 0 radical (unpaired) electrons. The minimum absolute atomic E-state index is 0.263. The summed E-state index contributed by atoms with van der Waals surface area (Å²) < 4.78 is 0. The Bertz CT molecular complexity index is 286. The molecule has 110 valence electrons. The van der Waals surface area contributed by atoms with Gasteiger partial charge in [-0.05, 0) is 38.1 Å². The molecule has 0 aromatic heterocycles. The summed E-state index contributed by atoms with van der Waals surface area (Å²) in [5.41, 5.74) is 0. The Labute approximate surface area is 117 Å². The van der Waals surface area contributed by atoms with E-state index in [1.807, 2.05) is 0 Å². The van der Waals surface area contributed by atoms with E-state index in [0.717, 1.165) is 18.9 Å². The van der Waals surface area contributed by atoms with Crippen LogP contribution in [-0.4, -0.2) is 24.5 Å². The first kappa shape index (κ1) is 14.8. The zero-order valence-corrected chi connectivity index (χ0v) is 12.6. The summed E-state index contributed by atoms with van der Waals surface area (Å²) in [6.07, 6.45) is 9.78. The molecule has 3 unspecified atom stereocenters. The van der Waals surface area contributed by atoms with Crippen LogP contribution in [0.2, 0.25) is 0 Å². The molecule has 1 aliphatic heterocycles. The quantitative estimate of drug-likeness (QED) is 0.821. The maximum atomic E-state index is 12.2. The smallest absolute Gasteiger partial charge is 0.220 e. The maximum absolute atomic E-state index is 12.2. The highest BCUT2D eigenvalue weighted by Crippen LogP contribution is 2.31. The first-order valence-corrected chi connectivity index (χ1v) is 8.19. The van der Waals surface area contributed by atoms with Crippen molar-refractivity contribution in [1.82, 2.24) is 10.6 Å². The van der Waals surface area contributed by atoms with E-state index in [-0.39, 0.29) is 5.91 Å². The molecule has 19 heavy (non-hydrogen) atoms. The lowest BCUT2D eigenvalue weighted by Crippen LogP contribution is -2.52. The largest absolute Gasteiger partial charge is 0.352 e. The first-order valence-electron chi connectivity index (χ1n) is 8.19. The summed E-state index contributed by atoms with van der Waals surface area (Å²) in [7, 11) is 0. The molecule has 2 N–H and O–H groups in total. The first-order chi connectivity index (χ1) is 9.16. The van der Waals surface area contributed by atoms with Gasteiger partial charge in [-0.1, -0.05) is 39.0 Å². The van der Waals surface area contributed by atoms with Gasteiger partial charge in [0, 0.05) is 18.5 Å². The van der Waals surface area contributed by atoms with Crippen molar-refractivity contribution >= 4 is 5.91 Å². The summed E-state index contributed by atoms with van der Waals surface area (Å²) >= 11 is 0. The van der Waals surface area contributed by atoms with Crippen molar-refractivity contribution in [1.29, 1.82) is 0 Å². The average molecular weight is 266 g/mol. The molecule has 1 heterocycles. The highest BCUT2D eigenvalue weighted by Gasteiger charge is 2.25. The Morgan fingerprint density at radius 1 is 1.21 bits per heavy atom. The SMILES string of the molecule is CC(CC(=O)NC1CCCNC1C)C1CCCCC1. The number of nitrogens with one attached hydrogen (secondary N) is 2. The molecule has 3 nitrogen and oxygen atoms in total. The van der Waals surface area contributed by atoms with Crippen molar-refractivity contribution in [2.75, 3.05) is 6.54 Å². The molecule has 0 bridgehead atoms. The van der Waals surface area contributed by atoms with Gasteiger partial charge in [-0.15, -0.1) is 0 Å². The topological polar surface area (TPSA) is 41.1 Å². The van der Waals surface area contributed by atoms with Crippen LogP contribution in [0.25, 0.3) is 0 Å². The van der Waals surface area contributed by atoms with Crippen LogP contribution < -0.4 is 10.6 Å². The molecule has 2 fully saturated rings. The van der Waals surface area contributed by atoms with Gasteiger partial charge < -0.3 is 10.6 Å². The number of hydrogen-bond donors (Lipinski definition) is 2. The fraction of sp³-hybridized carbons (Fsp3) is 0.938. The van der Waals surface area contributed by atoms with E-state index >= 15 is 0 Å². The molecule has 3 atom stereocenters. The fourth-order valence-corrected chi connectivity index (χ4v) is 3.67. The average Bonchev–Trinajstić information content (AvgIpc) is 2.42. The fourth-order valence-electron chi connectivity index (χ4n) is 3.67. The van der Waals surface area contributed by atoms with Crippen molar-refractivity contribution in [3.8, 4) is 0 Å². The zero-order chi connectivity index (χ0) is 13.7. The predicted octanol–water partition coefficient (Wildman–Crippen LogP) is 2.85. The molecular formula is C16H30N2O. The third-order valence-corrected chi connectivity index (χ3v) is 5.07. The Morgan fingerprint density at radius 2 is 1.95 bits per heavy atom. The van der Waals surface area contributed by atoms with Crippen LogP contribution in [0, 0.1) is 11.8 Å². The van der Waals surface area contributed by atoms with Gasteiger partial charge in [0.1, 0.15) is 0 Å². The van der Waals surface area contributed by atoms with Gasteiger partial charge in [0.2, 0.25) is 5.91 Å². The number of hydrogen-bond acceptors (Lipinski definition) is 2. The van der Waals surface area contributed by atoms with Gasteiger partial charge in [-0.3, -0.25) is 4.79 Å². The van der Waals surface area contributed by atoms with Crippen LogP contribution in [-0.2, 0) is 4.79 Å². The lowest BCUT2D eigenvalue weighted by Gasteiger charge is -2.32. The lowest BCUT2D eigenvalue weighted by molar-refractivity contribution is -0.123. The van der Waals surface area contributed by atoms with E-state index in [0.29, 0.717) is 24.4 Å². The molecule has 1 saturated heterocycles. The third kappa shape index (κ3) is 4.48. The van der Waals surface area contributed by atoms with Gasteiger partial charge in [0.25, 0.3) is 0 Å². The van der Waals surface area contributed by atoms with Gasteiger partial charge in [0.15, 0.2) is 0 Å². The predicted molar refractivity (Wildman–Crippen MR) is 79.0 cm³/mol. The van der Waals surface area contributed by atoms with Crippen LogP contribution in [0.15, 0.2) is 0 Å². The van der Waals surface area contributed by atoms with Crippen molar-refractivity contribution in [3.63, 3.8) is 0 Å². The summed E-state index contributed by atoms with van der Waals surface area (Å²) in [5.74, 6) is 1.59. The lowest BCUT2D eigenvalue weighted by atomic mass is 9.79. The van der Waals surface area contributed by atoms with Crippen molar-refractivity contribution < 1.29 is 4.79 Å². The van der Waals surface area contributed by atoms with Crippen LogP contribution in [0.5, 0.6) is 0 Å². The molecule has 2 rings (SSSR count). The van der Waals surface area contributed by atoms with Gasteiger partial charge >= 0.3 is 0 Å². The van der Waals surface area contributed by atoms with Crippen molar-refractivity contribution in [3.05, 3.63) is 0 Å². The highest BCUT2D eigenvalue weighted by atomic mass is 16.1. The number of piperidine rings is 1. The van der Waals surface area contributed by atoms with Gasteiger partial charge in [-0.25, -0.2) is 0 Å². The number of rotatable bonds is 4. The molecule has 0 spiro atoms. The van der Waals surface area contributed by atoms with Crippen LogP contribution >= 0.6 is 0 Å². The normalized spacial score (nSPS) is 30.8. The van der Waals surface area contributed by atoms with Gasteiger partial charge in [0.05, 0.1) is 0 Å². The Hall–Kier alpha value is -0.570. The van der Waals surface area contributed by atoms with E-state index in [2.05, 4.69) is 24.5 Å². The van der Waals surface area contributed by atoms with Crippen molar-refractivity contribution in [2.24, 2.45) is 11.8 Å². The van der Waals surface area contributed by atoms with E-state index in [1.165, 1.54) is 38.5 Å². The molecular weight excluding hydrogens is 236 g/mol.